The molecule has 0 saturated heterocycles. The van der Waals surface area contributed by atoms with Crippen molar-refractivity contribution in [3.8, 4) is 0 Å². The van der Waals surface area contributed by atoms with E-state index in [2.05, 4.69) is 17.2 Å². The quantitative estimate of drug-likeness (QED) is 0.481. The second kappa shape index (κ2) is 6.44. The third-order valence-electron chi connectivity index (χ3n) is 3.74. The predicted octanol–water partition coefficient (Wildman–Crippen LogP) is 3.22. The second-order valence-corrected chi connectivity index (χ2v) is 5.79. The molecule has 2 rings (SSSR count). The van der Waals surface area contributed by atoms with Crippen molar-refractivity contribution in [1.82, 2.24) is 5.32 Å². The number of guanidine groups is 1. The van der Waals surface area contributed by atoms with Gasteiger partial charge in [-0.1, -0.05) is 31.0 Å². The van der Waals surface area contributed by atoms with Crippen molar-refractivity contribution in [2.45, 2.75) is 38.0 Å². The average Bonchev–Trinajstić information content (AvgIpc) is 3.18. The number of benzene rings is 1. The lowest BCUT2D eigenvalue weighted by molar-refractivity contribution is 0.623. The minimum absolute atomic E-state index is 0.0537. The molecule has 0 spiro atoms. The molecular formula is C15H21ClFN3. The molecule has 1 saturated carbocycles. The number of nitrogens with one attached hydrogen (secondary N) is 1. The lowest BCUT2D eigenvalue weighted by Crippen LogP contribution is -2.33. The van der Waals surface area contributed by atoms with Crippen molar-refractivity contribution in [2.24, 2.45) is 10.7 Å². The van der Waals surface area contributed by atoms with Gasteiger partial charge in [0.05, 0.1) is 6.54 Å². The van der Waals surface area contributed by atoms with E-state index in [0.717, 1.165) is 37.8 Å². The van der Waals surface area contributed by atoms with Crippen molar-refractivity contribution in [3.05, 3.63) is 34.6 Å². The lowest BCUT2D eigenvalue weighted by Gasteiger charge is -2.15. The normalized spacial score (nSPS) is 17.1. The summed E-state index contributed by atoms with van der Waals surface area (Å²) >= 11 is 6.14. The van der Waals surface area contributed by atoms with Gasteiger partial charge in [-0.2, -0.15) is 0 Å². The van der Waals surface area contributed by atoms with Crippen molar-refractivity contribution in [1.29, 1.82) is 0 Å². The van der Waals surface area contributed by atoms with Crippen molar-refractivity contribution >= 4 is 17.6 Å². The van der Waals surface area contributed by atoms with E-state index in [-0.39, 0.29) is 11.2 Å². The molecule has 1 aliphatic carbocycles. The van der Waals surface area contributed by atoms with Gasteiger partial charge in [0.2, 0.25) is 0 Å². The molecule has 0 aliphatic heterocycles. The third-order valence-corrected chi connectivity index (χ3v) is 4.06. The molecule has 1 aliphatic rings. The summed E-state index contributed by atoms with van der Waals surface area (Å²) in [6, 6.07) is 4.58. The zero-order chi connectivity index (χ0) is 14.6. The molecule has 1 aromatic carbocycles. The number of nitrogens with zero attached hydrogens (tertiary/aromatic N) is 1. The van der Waals surface area contributed by atoms with Crippen molar-refractivity contribution in [2.75, 3.05) is 13.1 Å². The Kier molecular flexibility index (Phi) is 4.86. The van der Waals surface area contributed by atoms with Crippen LogP contribution in [0.2, 0.25) is 5.02 Å². The van der Waals surface area contributed by atoms with Gasteiger partial charge in [-0.15, -0.1) is 0 Å². The number of unbranched alkanes of at least 4 members (excludes halogenated alkanes) is 1. The van der Waals surface area contributed by atoms with Gasteiger partial charge in [0.15, 0.2) is 5.96 Å². The van der Waals surface area contributed by atoms with Crippen LogP contribution in [0.15, 0.2) is 23.2 Å². The van der Waals surface area contributed by atoms with E-state index >= 15 is 0 Å². The van der Waals surface area contributed by atoms with E-state index in [0.29, 0.717) is 17.5 Å². The maximum Gasteiger partial charge on any atom is 0.188 e. The third kappa shape index (κ3) is 3.63. The SMILES string of the molecule is CCCCNC(N)=NCC1(c2ccc(F)cc2Cl)CC1. The molecule has 0 amide bonds. The van der Waals surface area contributed by atoms with Crippen LogP contribution < -0.4 is 11.1 Å². The molecule has 20 heavy (non-hydrogen) atoms. The predicted molar refractivity (Wildman–Crippen MR) is 81.7 cm³/mol. The Labute approximate surface area is 124 Å². The van der Waals surface area contributed by atoms with E-state index in [1.165, 1.54) is 12.1 Å². The van der Waals surface area contributed by atoms with Crippen LogP contribution >= 0.6 is 11.6 Å². The van der Waals surface area contributed by atoms with Crippen LogP contribution in [0, 0.1) is 5.82 Å². The Morgan fingerprint density at radius 3 is 2.85 bits per heavy atom. The van der Waals surface area contributed by atoms with E-state index < -0.39 is 0 Å². The van der Waals surface area contributed by atoms with Crippen LogP contribution in [-0.4, -0.2) is 19.0 Å². The molecule has 110 valence electrons. The summed E-state index contributed by atoms with van der Waals surface area (Å²) < 4.78 is 13.1. The molecule has 0 atom stereocenters. The summed E-state index contributed by atoms with van der Waals surface area (Å²) in [5.74, 6) is 0.168. The zero-order valence-corrected chi connectivity index (χ0v) is 12.5. The van der Waals surface area contributed by atoms with Crippen LogP contribution in [0.4, 0.5) is 4.39 Å². The fourth-order valence-corrected chi connectivity index (χ4v) is 2.64. The van der Waals surface area contributed by atoms with E-state index in [4.69, 9.17) is 17.3 Å². The summed E-state index contributed by atoms with van der Waals surface area (Å²) in [7, 11) is 0. The highest BCUT2D eigenvalue weighted by Gasteiger charge is 2.45. The zero-order valence-electron chi connectivity index (χ0n) is 11.8. The van der Waals surface area contributed by atoms with Crippen LogP contribution in [0.25, 0.3) is 0 Å². The Balaban J connectivity index is 1.99. The maximum atomic E-state index is 13.1. The molecule has 1 fully saturated rings. The Bertz CT molecular complexity index is 498. The Morgan fingerprint density at radius 1 is 1.50 bits per heavy atom. The number of nitrogens with two attached hydrogens (primary N) is 1. The molecule has 3 nitrogen and oxygen atoms in total. The molecule has 0 radical (unpaired) electrons. The number of hydrogen-bond donors (Lipinski definition) is 2. The van der Waals surface area contributed by atoms with Gasteiger partial charge >= 0.3 is 0 Å². The number of hydrogen-bond acceptors (Lipinski definition) is 1. The number of rotatable bonds is 6. The second-order valence-electron chi connectivity index (χ2n) is 5.39. The molecule has 0 unspecified atom stereocenters. The van der Waals surface area contributed by atoms with E-state index in [1.54, 1.807) is 6.07 Å². The van der Waals surface area contributed by atoms with Gasteiger partial charge in [-0.05, 0) is 37.0 Å². The molecule has 0 bridgehead atoms. The molecule has 1 aromatic rings. The molecule has 0 heterocycles. The summed E-state index contributed by atoms with van der Waals surface area (Å²) in [5, 5.41) is 3.58. The first-order chi connectivity index (χ1) is 9.57. The van der Waals surface area contributed by atoms with E-state index in [1.807, 2.05) is 0 Å². The monoisotopic (exact) mass is 297 g/mol. The standard InChI is InChI=1S/C15H21ClFN3/c1-2-3-8-19-14(18)20-10-15(6-7-15)12-5-4-11(17)9-13(12)16/h4-5,9H,2-3,6-8,10H2,1H3,(H3,18,19,20). The van der Waals surface area contributed by atoms with E-state index in [9.17, 15) is 4.39 Å². The minimum atomic E-state index is -0.307. The average molecular weight is 298 g/mol. The molecular weight excluding hydrogens is 277 g/mol. The molecule has 5 heteroatoms. The highest BCUT2D eigenvalue weighted by atomic mass is 35.5. The van der Waals surface area contributed by atoms with Crippen LogP contribution in [0.5, 0.6) is 0 Å². The number of halogens is 2. The van der Waals surface area contributed by atoms with Gasteiger partial charge < -0.3 is 11.1 Å². The van der Waals surface area contributed by atoms with Crippen LogP contribution in [0.3, 0.4) is 0 Å². The Morgan fingerprint density at radius 2 is 2.25 bits per heavy atom. The highest BCUT2D eigenvalue weighted by Crippen LogP contribution is 2.50. The number of aliphatic imine (C=N–C) groups is 1. The van der Waals surface area contributed by atoms with Crippen LogP contribution in [-0.2, 0) is 5.41 Å². The topological polar surface area (TPSA) is 50.4 Å². The molecule has 0 aromatic heterocycles. The van der Waals surface area contributed by atoms with Crippen molar-refractivity contribution in [3.63, 3.8) is 0 Å². The van der Waals surface area contributed by atoms with Gasteiger partial charge in [0, 0.05) is 17.0 Å². The van der Waals surface area contributed by atoms with Gasteiger partial charge in [-0.3, -0.25) is 4.99 Å². The van der Waals surface area contributed by atoms with Gasteiger partial charge in [0.1, 0.15) is 5.82 Å². The smallest absolute Gasteiger partial charge is 0.188 e. The maximum absolute atomic E-state index is 13.1. The first-order valence-electron chi connectivity index (χ1n) is 7.07. The first-order valence-corrected chi connectivity index (χ1v) is 7.44. The van der Waals surface area contributed by atoms with Crippen molar-refractivity contribution < 1.29 is 4.39 Å². The lowest BCUT2D eigenvalue weighted by atomic mass is 9.96. The summed E-state index contributed by atoms with van der Waals surface area (Å²) in [4.78, 5) is 4.40. The minimum Gasteiger partial charge on any atom is -0.370 e. The largest absolute Gasteiger partial charge is 0.370 e. The van der Waals surface area contributed by atoms with Crippen LogP contribution in [0.1, 0.15) is 38.2 Å². The summed E-state index contributed by atoms with van der Waals surface area (Å²) in [5.41, 5.74) is 6.76. The highest BCUT2D eigenvalue weighted by molar-refractivity contribution is 6.31. The first kappa shape index (κ1) is 15.1. The molecule has 3 N–H and O–H groups in total. The Hall–Kier alpha value is -1.29. The summed E-state index contributed by atoms with van der Waals surface area (Å²) in [6.07, 6.45) is 4.23. The fraction of sp³-hybridized carbons (Fsp3) is 0.533. The fourth-order valence-electron chi connectivity index (χ4n) is 2.27. The van der Waals surface area contributed by atoms with Gasteiger partial charge in [0.25, 0.3) is 0 Å². The van der Waals surface area contributed by atoms with Gasteiger partial charge in [-0.25, -0.2) is 4.39 Å². The summed E-state index contributed by atoms with van der Waals surface area (Å²) in [6.45, 7) is 3.57.